The van der Waals surface area contributed by atoms with Gasteiger partial charge in [-0.15, -0.1) is 0 Å². The Bertz CT molecular complexity index is 1290. The smallest absolute Gasteiger partial charge is 0.338 e. The van der Waals surface area contributed by atoms with E-state index in [9.17, 15) is 24.5 Å². The number of anilines is 2. The number of carbonyl (C=O) groups is 3. The summed E-state index contributed by atoms with van der Waals surface area (Å²) in [6, 6.07) is 13.7. The summed E-state index contributed by atoms with van der Waals surface area (Å²) in [4.78, 5) is 47.2. The molecule has 0 unspecified atom stereocenters. The van der Waals surface area contributed by atoms with Crippen molar-refractivity contribution in [2.75, 3.05) is 25.3 Å². The summed E-state index contributed by atoms with van der Waals surface area (Å²) in [6.07, 6.45) is 0. The lowest BCUT2D eigenvalue weighted by Crippen LogP contribution is -2.13. The average Bonchev–Trinajstić information content (AvgIpc) is 2.84. The van der Waals surface area contributed by atoms with Crippen LogP contribution in [0.4, 0.5) is 17.1 Å². The van der Waals surface area contributed by atoms with Crippen molar-refractivity contribution in [2.24, 2.45) is 0 Å². The second kappa shape index (κ2) is 10.1. The number of nitrogens with zero attached hydrogens (tertiary/aromatic N) is 1. The Morgan fingerprint density at radius 2 is 1.62 bits per heavy atom. The van der Waals surface area contributed by atoms with E-state index in [0.717, 1.165) is 6.07 Å². The van der Waals surface area contributed by atoms with Crippen LogP contribution in [0.3, 0.4) is 0 Å². The normalized spacial score (nSPS) is 10.2. The first kappa shape index (κ1) is 23.7. The van der Waals surface area contributed by atoms with E-state index < -0.39 is 22.8 Å². The molecule has 3 rings (SSSR count). The number of non-ortho nitro benzene ring substituents is 1. The number of hydrogen-bond acceptors (Lipinski definition) is 9. The molecular weight excluding hydrogens is 446 g/mol. The van der Waals surface area contributed by atoms with Crippen LogP contribution in [-0.4, -0.2) is 37.0 Å². The lowest BCUT2D eigenvalue weighted by Gasteiger charge is -2.14. The van der Waals surface area contributed by atoms with Gasteiger partial charge in [0.2, 0.25) is 0 Å². The van der Waals surface area contributed by atoms with Crippen LogP contribution in [0.15, 0.2) is 60.7 Å². The van der Waals surface area contributed by atoms with Crippen molar-refractivity contribution < 1.29 is 33.5 Å². The van der Waals surface area contributed by atoms with Gasteiger partial charge in [0.05, 0.1) is 36.0 Å². The standard InChI is InChI=1S/C23H19N3O8/c1-32-22(28)17-8-7-16(12-18(17)23(29)33-2)34-20-9-6-14(24)11-19(20)25-21(27)13-4-3-5-15(10-13)26(30)31/h3-12H,24H2,1-2H3,(H,25,27). The Kier molecular flexibility index (Phi) is 7.07. The van der Waals surface area contributed by atoms with Gasteiger partial charge in [-0.25, -0.2) is 9.59 Å². The number of nitrogens with one attached hydrogen (secondary N) is 1. The van der Waals surface area contributed by atoms with Gasteiger partial charge in [0, 0.05) is 23.4 Å². The molecule has 0 aliphatic carbocycles. The Balaban J connectivity index is 1.93. The Hall–Kier alpha value is -4.93. The SMILES string of the molecule is COC(=O)c1ccc(Oc2ccc(N)cc2NC(=O)c2cccc([N+](=O)[O-])c2)cc1C(=O)OC. The fourth-order valence-corrected chi connectivity index (χ4v) is 2.97. The third kappa shape index (κ3) is 5.27. The monoisotopic (exact) mass is 465 g/mol. The van der Waals surface area contributed by atoms with Gasteiger partial charge in [-0.2, -0.15) is 0 Å². The number of rotatable bonds is 7. The lowest BCUT2D eigenvalue weighted by molar-refractivity contribution is -0.384. The topological polar surface area (TPSA) is 160 Å². The number of carbonyl (C=O) groups excluding carboxylic acids is 3. The molecular formula is C23H19N3O8. The molecule has 3 N–H and O–H groups in total. The molecule has 3 aromatic rings. The number of nitrogen functional groups attached to an aromatic ring is 1. The fourth-order valence-electron chi connectivity index (χ4n) is 2.97. The quantitative estimate of drug-likeness (QED) is 0.229. The molecule has 0 aliphatic rings. The zero-order valence-corrected chi connectivity index (χ0v) is 18.1. The first-order chi connectivity index (χ1) is 16.2. The first-order valence-electron chi connectivity index (χ1n) is 9.67. The zero-order chi connectivity index (χ0) is 24.8. The number of amides is 1. The number of ether oxygens (including phenoxy) is 3. The van der Waals surface area contributed by atoms with Gasteiger partial charge in [-0.3, -0.25) is 14.9 Å². The molecule has 0 atom stereocenters. The molecule has 174 valence electrons. The van der Waals surface area contributed by atoms with Gasteiger partial charge < -0.3 is 25.3 Å². The minimum atomic E-state index is -0.776. The van der Waals surface area contributed by atoms with Crippen molar-refractivity contribution in [1.82, 2.24) is 0 Å². The molecule has 0 aliphatic heterocycles. The average molecular weight is 465 g/mol. The molecule has 34 heavy (non-hydrogen) atoms. The third-order valence-electron chi connectivity index (χ3n) is 4.60. The molecule has 0 saturated carbocycles. The highest BCUT2D eigenvalue weighted by atomic mass is 16.6. The van der Waals surface area contributed by atoms with Crippen LogP contribution in [0.1, 0.15) is 31.1 Å². The van der Waals surface area contributed by atoms with Crippen LogP contribution in [0.25, 0.3) is 0 Å². The second-order valence-corrected chi connectivity index (χ2v) is 6.81. The number of esters is 2. The minimum absolute atomic E-state index is 0.0156. The predicted molar refractivity (Wildman–Crippen MR) is 121 cm³/mol. The highest BCUT2D eigenvalue weighted by molar-refractivity contribution is 6.06. The molecule has 0 radical (unpaired) electrons. The molecule has 11 heteroatoms. The fraction of sp³-hybridized carbons (Fsp3) is 0.0870. The van der Waals surface area contributed by atoms with Gasteiger partial charge >= 0.3 is 11.9 Å². The van der Waals surface area contributed by atoms with Gasteiger partial charge in [0.25, 0.3) is 11.6 Å². The van der Waals surface area contributed by atoms with Gasteiger partial charge in [0.15, 0.2) is 5.75 Å². The summed E-state index contributed by atoms with van der Waals surface area (Å²) in [5, 5.41) is 13.6. The van der Waals surface area contributed by atoms with Crippen molar-refractivity contribution in [3.63, 3.8) is 0 Å². The van der Waals surface area contributed by atoms with Crippen LogP contribution in [-0.2, 0) is 9.47 Å². The maximum absolute atomic E-state index is 12.7. The molecule has 0 saturated heterocycles. The molecule has 0 fully saturated rings. The van der Waals surface area contributed by atoms with Crippen molar-refractivity contribution in [1.29, 1.82) is 0 Å². The number of hydrogen-bond donors (Lipinski definition) is 2. The van der Waals surface area contributed by atoms with Gasteiger partial charge in [0.1, 0.15) is 5.75 Å². The Labute approximate surface area is 193 Å². The second-order valence-electron chi connectivity index (χ2n) is 6.81. The number of benzene rings is 3. The molecule has 1 amide bonds. The molecule has 3 aromatic carbocycles. The summed E-state index contributed by atoms with van der Waals surface area (Å²) in [5.74, 6) is -1.82. The maximum Gasteiger partial charge on any atom is 0.338 e. The van der Waals surface area contributed by atoms with Crippen molar-refractivity contribution in [2.45, 2.75) is 0 Å². The van der Waals surface area contributed by atoms with E-state index in [1.165, 1.54) is 68.8 Å². The molecule has 11 nitrogen and oxygen atoms in total. The van der Waals surface area contributed by atoms with Crippen LogP contribution >= 0.6 is 0 Å². The van der Waals surface area contributed by atoms with E-state index >= 15 is 0 Å². The molecule has 0 bridgehead atoms. The Morgan fingerprint density at radius 3 is 2.29 bits per heavy atom. The highest BCUT2D eigenvalue weighted by Gasteiger charge is 2.20. The van der Waals surface area contributed by atoms with Crippen LogP contribution < -0.4 is 15.8 Å². The van der Waals surface area contributed by atoms with E-state index in [4.69, 9.17) is 15.2 Å². The number of methoxy groups -OCH3 is 2. The molecule has 0 heterocycles. The van der Waals surface area contributed by atoms with E-state index in [1.807, 2.05) is 0 Å². The summed E-state index contributed by atoms with van der Waals surface area (Å²) in [5.41, 5.74) is 6.05. The summed E-state index contributed by atoms with van der Waals surface area (Å²) >= 11 is 0. The molecule has 0 aromatic heterocycles. The van der Waals surface area contributed by atoms with E-state index in [2.05, 4.69) is 10.1 Å². The summed E-state index contributed by atoms with van der Waals surface area (Å²) in [7, 11) is 2.34. The van der Waals surface area contributed by atoms with Crippen LogP contribution in [0.2, 0.25) is 0 Å². The predicted octanol–water partition coefficient (Wildman–Crippen LogP) is 3.79. The van der Waals surface area contributed by atoms with Crippen molar-refractivity contribution in [3.8, 4) is 11.5 Å². The van der Waals surface area contributed by atoms with Crippen molar-refractivity contribution >= 4 is 34.9 Å². The molecule has 0 spiro atoms. The van der Waals surface area contributed by atoms with Gasteiger partial charge in [-0.1, -0.05) is 6.07 Å². The minimum Gasteiger partial charge on any atom is -0.465 e. The largest absolute Gasteiger partial charge is 0.465 e. The zero-order valence-electron chi connectivity index (χ0n) is 18.1. The lowest BCUT2D eigenvalue weighted by atomic mass is 10.1. The third-order valence-corrected chi connectivity index (χ3v) is 4.60. The van der Waals surface area contributed by atoms with Crippen molar-refractivity contribution in [3.05, 3.63) is 87.5 Å². The van der Waals surface area contributed by atoms with E-state index in [0.29, 0.717) is 5.69 Å². The Morgan fingerprint density at radius 1 is 0.912 bits per heavy atom. The number of nitrogens with two attached hydrogens (primary N) is 1. The maximum atomic E-state index is 12.7. The van der Waals surface area contributed by atoms with Gasteiger partial charge in [-0.05, 0) is 42.5 Å². The van der Waals surface area contributed by atoms with Crippen LogP contribution in [0.5, 0.6) is 11.5 Å². The number of nitro benzene ring substituents is 1. The highest BCUT2D eigenvalue weighted by Crippen LogP contribution is 2.33. The van der Waals surface area contributed by atoms with E-state index in [1.54, 1.807) is 0 Å². The summed E-state index contributed by atoms with van der Waals surface area (Å²) in [6.45, 7) is 0. The number of nitro groups is 1. The van der Waals surface area contributed by atoms with Crippen LogP contribution in [0, 0.1) is 10.1 Å². The first-order valence-corrected chi connectivity index (χ1v) is 9.67. The van der Waals surface area contributed by atoms with E-state index in [-0.39, 0.29) is 39.6 Å². The summed E-state index contributed by atoms with van der Waals surface area (Å²) < 4.78 is 15.2.